The first-order valence-electron chi connectivity index (χ1n) is 5.77. The smallest absolute Gasteiger partial charge is 0.329 e. The second-order valence-corrected chi connectivity index (χ2v) is 4.01. The van der Waals surface area contributed by atoms with E-state index in [-0.39, 0.29) is 19.3 Å². The van der Waals surface area contributed by atoms with Gasteiger partial charge in [0.15, 0.2) is 0 Å². The lowest BCUT2D eigenvalue weighted by Crippen LogP contribution is -2.19. The molecule has 0 amide bonds. The van der Waals surface area contributed by atoms with Gasteiger partial charge in [-0.1, -0.05) is 37.6 Å². The van der Waals surface area contributed by atoms with E-state index < -0.39 is 5.97 Å². The quantitative estimate of drug-likeness (QED) is 0.757. The number of carbonyl (C=O) groups is 1. The summed E-state index contributed by atoms with van der Waals surface area (Å²) < 4.78 is 4.96. The zero-order valence-corrected chi connectivity index (χ0v) is 10.1. The maximum absolute atomic E-state index is 10.3. The van der Waals surface area contributed by atoms with Crippen molar-refractivity contribution in [2.24, 2.45) is 5.73 Å². The Morgan fingerprint density at radius 3 is 2.59 bits per heavy atom. The highest BCUT2D eigenvalue weighted by molar-refractivity contribution is 5.67. The number of hydrogen-bond donors (Lipinski definition) is 2. The van der Waals surface area contributed by atoms with Gasteiger partial charge in [0.1, 0.15) is 6.61 Å². The van der Waals surface area contributed by atoms with Crippen molar-refractivity contribution < 1.29 is 14.6 Å². The summed E-state index contributed by atoms with van der Waals surface area (Å²) in [5.41, 5.74) is 8.14. The number of carboxylic acids is 1. The van der Waals surface area contributed by atoms with Crippen molar-refractivity contribution in [1.29, 1.82) is 0 Å². The monoisotopic (exact) mass is 237 g/mol. The predicted molar refractivity (Wildman–Crippen MR) is 65.8 cm³/mol. The fraction of sp³-hybridized carbons (Fsp3) is 0.462. The third kappa shape index (κ3) is 4.97. The maximum Gasteiger partial charge on any atom is 0.329 e. The van der Waals surface area contributed by atoms with E-state index in [1.165, 1.54) is 5.56 Å². The SMILES string of the molecule is CCCc1ccc(C(N)COCC(=O)O)cc1. The molecule has 3 N–H and O–H groups in total. The molecule has 0 saturated carbocycles. The summed E-state index contributed by atoms with van der Waals surface area (Å²) in [7, 11) is 0. The predicted octanol–water partition coefficient (Wildman–Crippen LogP) is 1.74. The average molecular weight is 237 g/mol. The van der Waals surface area contributed by atoms with Gasteiger partial charge in [0.2, 0.25) is 0 Å². The van der Waals surface area contributed by atoms with Gasteiger partial charge in [-0.2, -0.15) is 0 Å². The molecule has 1 aromatic carbocycles. The average Bonchev–Trinajstić information content (AvgIpc) is 2.30. The summed E-state index contributed by atoms with van der Waals surface area (Å²) in [6, 6.07) is 7.77. The molecule has 0 bridgehead atoms. The fourth-order valence-electron chi connectivity index (χ4n) is 1.59. The number of aryl methyl sites for hydroxylation is 1. The van der Waals surface area contributed by atoms with Gasteiger partial charge in [0.05, 0.1) is 12.6 Å². The molecular formula is C13H19NO3. The van der Waals surface area contributed by atoms with Gasteiger partial charge in [-0.3, -0.25) is 0 Å². The molecule has 94 valence electrons. The van der Waals surface area contributed by atoms with Crippen molar-refractivity contribution in [2.45, 2.75) is 25.8 Å². The summed E-state index contributed by atoms with van der Waals surface area (Å²) in [5, 5.41) is 8.43. The topological polar surface area (TPSA) is 72.5 Å². The van der Waals surface area contributed by atoms with E-state index in [0.717, 1.165) is 18.4 Å². The highest BCUT2D eigenvalue weighted by Gasteiger charge is 2.07. The number of nitrogens with two attached hydrogens (primary N) is 1. The Labute approximate surface area is 101 Å². The van der Waals surface area contributed by atoms with Gasteiger partial charge in [0.25, 0.3) is 0 Å². The van der Waals surface area contributed by atoms with E-state index in [4.69, 9.17) is 15.6 Å². The summed E-state index contributed by atoms with van der Waals surface area (Å²) in [5.74, 6) is -0.976. The van der Waals surface area contributed by atoms with Crippen LogP contribution in [0.5, 0.6) is 0 Å². The second kappa shape index (κ2) is 7.04. The van der Waals surface area contributed by atoms with E-state index in [0.29, 0.717) is 0 Å². The largest absolute Gasteiger partial charge is 0.480 e. The van der Waals surface area contributed by atoms with Crippen LogP contribution in [0.3, 0.4) is 0 Å². The zero-order valence-electron chi connectivity index (χ0n) is 10.1. The number of ether oxygens (including phenoxy) is 1. The third-order valence-electron chi connectivity index (χ3n) is 2.47. The molecule has 0 aromatic heterocycles. The van der Waals surface area contributed by atoms with Crippen LogP contribution in [-0.4, -0.2) is 24.3 Å². The van der Waals surface area contributed by atoms with Gasteiger partial charge < -0.3 is 15.6 Å². The molecular weight excluding hydrogens is 218 g/mol. The molecule has 0 fully saturated rings. The molecule has 0 saturated heterocycles. The van der Waals surface area contributed by atoms with Gasteiger partial charge >= 0.3 is 5.97 Å². The van der Waals surface area contributed by atoms with Crippen LogP contribution >= 0.6 is 0 Å². The van der Waals surface area contributed by atoms with Crippen molar-refractivity contribution in [3.63, 3.8) is 0 Å². The van der Waals surface area contributed by atoms with E-state index >= 15 is 0 Å². The zero-order chi connectivity index (χ0) is 12.7. The summed E-state index contributed by atoms with van der Waals surface area (Å²) >= 11 is 0. The van der Waals surface area contributed by atoms with Crippen LogP contribution in [-0.2, 0) is 16.0 Å². The Balaban J connectivity index is 2.45. The molecule has 4 heteroatoms. The Morgan fingerprint density at radius 1 is 1.41 bits per heavy atom. The van der Waals surface area contributed by atoms with E-state index in [1.54, 1.807) is 0 Å². The molecule has 0 aliphatic rings. The first-order chi connectivity index (χ1) is 8.13. The van der Waals surface area contributed by atoms with Crippen molar-refractivity contribution in [3.8, 4) is 0 Å². The first kappa shape index (κ1) is 13.7. The van der Waals surface area contributed by atoms with E-state index in [1.807, 2.05) is 12.1 Å². The maximum atomic E-state index is 10.3. The van der Waals surface area contributed by atoms with Crippen LogP contribution < -0.4 is 5.73 Å². The molecule has 1 atom stereocenters. The highest BCUT2D eigenvalue weighted by Crippen LogP contribution is 2.13. The summed E-state index contributed by atoms with van der Waals surface area (Å²) in [4.78, 5) is 10.3. The lowest BCUT2D eigenvalue weighted by Gasteiger charge is -2.12. The van der Waals surface area contributed by atoms with Crippen LogP contribution in [0.1, 0.15) is 30.5 Å². The van der Waals surface area contributed by atoms with Gasteiger partial charge in [-0.15, -0.1) is 0 Å². The number of benzene rings is 1. The second-order valence-electron chi connectivity index (χ2n) is 4.01. The summed E-state index contributed by atoms with van der Waals surface area (Å²) in [6.07, 6.45) is 2.18. The third-order valence-corrected chi connectivity index (χ3v) is 2.47. The Morgan fingerprint density at radius 2 is 2.06 bits per heavy atom. The van der Waals surface area contributed by atoms with Crippen LogP contribution in [0.25, 0.3) is 0 Å². The van der Waals surface area contributed by atoms with Gasteiger partial charge in [-0.05, 0) is 17.5 Å². The minimum absolute atomic E-state index is 0.222. The van der Waals surface area contributed by atoms with Crippen LogP contribution in [0.2, 0.25) is 0 Å². The molecule has 0 aliphatic heterocycles. The molecule has 1 rings (SSSR count). The van der Waals surface area contributed by atoms with Crippen molar-refractivity contribution in [3.05, 3.63) is 35.4 Å². The highest BCUT2D eigenvalue weighted by atomic mass is 16.5. The van der Waals surface area contributed by atoms with E-state index in [2.05, 4.69) is 19.1 Å². The lowest BCUT2D eigenvalue weighted by molar-refractivity contribution is -0.142. The molecule has 4 nitrogen and oxygen atoms in total. The molecule has 1 aromatic rings. The number of rotatable bonds is 7. The minimum Gasteiger partial charge on any atom is -0.480 e. The van der Waals surface area contributed by atoms with Crippen LogP contribution in [0.4, 0.5) is 0 Å². The van der Waals surface area contributed by atoms with Gasteiger partial charge in [0, 0.05) is 0 Å². The number of hydrogen-bond acceptors (Lipinski definition) is 3. The Bertz CT molecular complexity index is 348. The lowest BCUT2D eigenvalue weighted by atomic mass is 10.0. The van der Waals surface area contributed by atoms with Crippen LogP contribution in [0.15, 0.2) is 24.3 Å². The van der Waals surface area contributed by atoms with E-state index in [9.17, 15) is 4.79 Å². The molecule has 17 heavy (non-hydrogen) atoms. The van der Waals surface area contributed by atoms with Crippen LogP contribution in [0, 0.1) is 0 Å². The standard InChI is InChI=1S/C13H19NO3/c1-2-3-10-4-6-11(7-5-10)12(14)8-17-9-13(15)16/h4-7,12H,2-3,8-9,14H2,1H3,(H,15,16). The number of carboxylic acid groups (broad SMARTS) is 1. The minimum atomic E-state index is -0.976. The fourth-order valence-corrected chi connectivity index (χ4v) is 1.59. The van der Waals surface area contributed by atoms with Crippen molar-refractivity contribution in [1.82, 2.24) is 0 Å². The van der Waals surface area contributed by atoms with Crippen molar-refractivity contribution >= 4 is 5.97 Å². The van der Waals surface area contributed by atoms with Gasteiger partial charge in [-0.25, -0.2) is 4.79 Å². The molecule has 1 unspecified atom stereocenters. The molecule has 0 heterocycles. The first-order valence-corrected chi connectivity index (χ1v) is 5.77. The molecule has 0 aliphatic carbocycles. The molecule has 0 radical (unpaired) electrons. The molecule has 0 spiro atoms. The summed E-state index contributed by atoms with van der Waals surface area (Å²) in [6.45, 7) is 2.06. The Hall–Kier alpha value is -1.39. The normalized spacial score (nSPS) is 12.4. The number of aliphatic carboxylic acids is 1. The van der Waals surface area contributed by atoms with Crippen molar-refractivity contribution in [2.75, 3.05) is 13.2 Å². The Kier molecular flexibility index (Phi) is 5.66.